The van der Waals surface area contributed by atoms with Gasteiger partial charge in [0.05, 0.1) is 20.6 Å². The molecule has 0 fully saturated rings. The van der Waals surface area contributed by atoms with Crippen LogP contribution in [0.5, 0.6) is 11.5 Å². The Kier molecular flexibility index (Phi) is 7.32. The molecule has 2 amide bonds. The third kappa shape index (κ3) is 6.21. The molecule has 0 unspecified atom stereocenters. The van der Waals surface area contributed by atoms with Crippen LogP contribution in [0.2, 0.25) is 0 Å². The van der Waals surface area contributed by atoms with E-state index in [1.54, 1.807) is 31.2 Å². The summed E-state index contributed by atoms with van der Waals surface area (Å²) in [5, 5.41) is 6.54. The average Bonchev–Trinajstić information content (AvgIpc) is 2.57. The van der Waals surface area contributed by atoms with Crippen molar-refractivity contribution in [2.45, 2.75) is 13.3 Å². The molecule has 7 nitrogen and oxygen atoms in total. The number of carbonyl (C=O) groups excluding carboxylic acids is 2. The number of hydrazone groups is 1. The lowest BCUT2D eigenvalue weighted by Gasteiger charge is -2.08. The van der Waals surface area contributed by atoms with Crippen molar-refractivity contribution in [2.75, 3.05) is 20.8 Å². The van der Waals surface area contributed by atoms with Gasteiger partial charge in [-0.3, -0.25) is 9.59 Å². The Morgan fingerprint density at radius 3 is 2.35 bits per heavy atom. The van der Waals surface area contributed by atoms with E-state index in [0.29, 0.717) is 29.3 Å². The summed E-state index contributed by atoms with van der Waals surface area (Å²) < 4.78 is 10.2. The summed E-state index contributed by atoms with van der Waals surface area (Å²) in [4.78, 5) is 23.6. The van der Waals surface area contributed by atoms with Crippen LogP contribution in [0.3, 0.4) is 0 Å². The minimum atomic E-state index is -0.423. The Balaban J connectivity index is 2.70. The third-order valence-corrected chi connectivity index (χ3v) is 2.82. The van der Waals surface area contributed by atoms with Crippen molar-refractivity contribution in [3.8, 4) is 11.5 Å². The van der Waals surface area contributed by atoms with Crippen molar-refractivity contribution in [1.29, 1.82) is 0 Å². The zero-order valence-corrected chi connectivity index (χ0v) is 13.5. The van der Waals surface area contributed by atoms with Crippen LogP contribution in [0.4, 0.5) is 0 Å². The minimum absolute atomic E-state index is 0.0928. The molecule has 0 saturated heterocycles. The summed E-state index contributed by atoms with van der Waals surface area (Å²) in [5.41, 5.74) is 3.22. The van der Waals surface area contributed by atoms with Crippen molar-refractivity contribution in [1.82, 2.24) is 10.7 Å². The molecule has 7 heteroatoms. The molecule has 0 bridgehead atoms. The zero-order valence-electron chi connectivity index (χ0n) is 13.5. The van der Waals surface area contributed by atoms with Gasteiger partial charge in [-0.25, -0.2) is 5.43 Å². The smallest absolute Gasteiger partial charge is 0.271 e. The molecule has 0 spiro atoms. The number of nitrogens with zero attached hydrogens (tertiary/aromatic N) is 1. The van der Waals surface area contributed by atoms with Gasteiger partial charge < -0.3 is 14.8 Å². The molecule has 124 valence electrons. The molecule has 0 radical (unpaired) electrons. The van der Waals surface area contributed by atoms with Crippen LogP contribution in [0.15, 0.2) is 36.0 Å². The summed E-state index contributed by atoms with van der Waals surface area (Å²) in [6.45, 7) is 5.55. The van der Waals surface area contributed by atoms with Gasteiger partial charge in [0.15, 0.2) is 0 Å². The third-order valence-electron chi connectivity index (χ3n) is 2.82. The van der Waals surface area contributed by atoms with Crippen LogP contribution in [-0.2, 0) is 4.79 Å². The molecule has 0 aliphatic rings. The minimum Gasteiger partial charge on any atom is -0.497 e. The van der Waals surface area contributed by atoms with Crippen molar-refractivity contribution >= 4 is 17.5 Å². The SMILES string of the molecule is C=CCNC(=O)C/C(C)=N/NC(=O)c1cc(OC)cc(OC)c1. The summed E-state index contributed by atoms with van der Waals surface area (Å²) in [7, 11) is 3.00. The van der Waals surface area contributed by atoms with Crippen molar-refractivity contribution in [3.05, 3.63) is 36.4 Å². The second kappa shape index (κ2) is 9.24. The highest BCUT2D eigenvalue weighted by Crippen LogP contribution is 2.22. The molecule has 0 atom stereocenters. The lowest BCUT2D eigenvalue weighted by Crippen LogP contribution is -2.26. The fourth-order valence-corrected chi connectivity index (χ4v) is 1.67. The van der Waals surface area contributed by atoms with E-state index in [9.17, 15) is 9.59 Å². The summed E-state index contributed by atoms with van der Waals surface area (Å²) in [6, 6.07) is 4.80. The quantitative estimate of drug-likeness (QED) is 0.432. The molecule has 0 saturated carbocycles. The topological polar surface area (TPSA) is 89.0 Å². The van der Waals surface area contributed by atoms with Crippen molar-refractivity contribution in [3.63, 3.8) is 0 Å². The Hall–Kier alpha value is -2.83. The van der Waals surface area contributed by atoms with Crippen LogP contribution in [-0.4, -0.2) is 38.3 Å². The number of nitrogens with one attached hydrogen (secondary N) is 2. The van der Waals surface area contributed by atoms with Gasteiger partial charge in [0, 0.05) is 23.9 Å². The molecular weight excluding hydrogens is 298 g/mol. The van der Waals surface area contributed by atoms with E-state index in [0.717, 1.165) is 0 Å². The maximum Gasteiger partial charge on any atom is 0.271 e. The maximum atomic E-state index is 12.1. The van der Waals surface area contributed by atoms with Gasteiger partial charge in [0.25, 0.3) is 5.91 Å². The highest BCUT2D eigenvalue weighted by molar-refractivity contribution is 6.01. The molecule has 0 heterocycles. The molecule has 0 aromatic heterocycles. The Labute approximate surface area is 135 Å². The molecule has 0 aliphatic carbocycles. The van der Waals surface area contributed by atoms with E-state index >= 15 is 0 Å². The zero-order chi connectivity index (χ0) is 17.2. The van der Waals surface area contributed by atoms with E-state index in [1.807, 2.05) is 0 Å². The fraction of sp³-hybridized carbons (Fsp3) is 0.312. The molecule has 0 aliphatic heterocycles. The fourth-order valence-electron chi connectivity index (χ4n) is 1.67. The summed E-state index contributed by atoms with van der Waals surface area (Å²) >= 11 is 0. The van der Waals surface area contributed by atoms with Crippen LogP contribution in [0.25, 0.3) is 0 Å². The maximum absolute atomic E-state index is 12.1. The second-order valence-corrected chi connectivity index (χ2v) is 4.66. The first-order valence-electron chi connectivity index (χ1n) is 6.94. The predicted molar refractivity (Wildman–Crippen MR) is 87.9 cm³/mol. The van der Waals surface area contributed by atoms with Gasteiger partial charge in [0.2, 0.25) is 5.91 Å². The van der Waals surface area contributed by atoms with Crippen LogP contribution in [0.1, 0.15) is 23.7 Å². The van der Waals surface area contributed by atoms with Crippen LogP contribution < -0.4 is 20.2 Å². The lowest BCUT2D eigenvalue weighted by atomic mass is 10.2. The van der Waals surface area contributed by atoms with E-state index in [1.165, 1.54) is 14.2 Å². The molecule has 1 aromatic rings. The van der Waals surface area contributed by atoms with Crippen molar-refractivity contribution in [2.24, 2.45) is 5.10 Å². The molecule has 1 aromatic carbocycles. The Bertz CT molecular complexity index is 589. The highest BCUT2D eigenvalue weighted by atomic mass is 16.5. The predicted octanol–water partition coefficient (Wildman–Crippen LogP) is 1.50. The van der Waals surface area contributed by atoms with Gasteiger partial charge >= 0.3 is 0 Å². The van der Waals surface area contributed by atoms with E-state index in [-0.39, 0.29) is 12.3 Å². The molecular formula is C16H21N3O4. The number of rotatable bonds is 8. The van der Waals surface area contributed by atoms with E-state index < -0.39 is 5.91 Å². The van der Waals surface area contributed by atoms with Gasteiger partial charge in [-0.1, -0.05) is 6.08 Å². The first-order valence-corrected chi connectivity index (χ1v) is 6.94. The second-order valence-electron chi connectivity index (χ2n) is 4.66. The van der Waals surface area contributed by atoms with Crippen LogP contribution >= 0.6 is 0 Å². The first kappa shape index (κ1) is 18.2. The normalized spacial score (nSPS) is 10.7. The van der Waals surface area contributed by atoms with Gasteiger partial charge in [-0.15, -0.1) is 6.58 Å². The number of benzene rings is 1. The van der Waals surface area contributed by atoms with E-state index in [4.69, 9.17) is 9.47 Å². The molecule has 1 rings (SSSR count). The largest absolute Gasteiger partial charge is 0.497 e. The molecule has 23 heavy (non-hydrogen) atoms. The van der Waals surface area contributed by atoms with Crippen molar-refractivity contribution < 1.29 is 19.1 Å². The molecule has 2 N–H and O–H groups in total. The number of hydrogen-bond donors (Lipinski definition) is 2. The lowest BCUT2D eigenvalue weighted by molar-refractivity contribution is -0.119. The van der Waals surface area contributed by atoms with E-state index in [2.05, 4.69) is 22.4 Å². The standard InChI is InChI=1S/C16H21N3O4/c1-5-6-17-15(20)7-11(2)18-19-16(21)12-8-13(22-3)10-14(9-12)23-4/h5,8-10H,1,6-7H2,2-4H3,(H,17,20)(H,19,21)/b18-11+. The van der Waals surface area contributed by atoms with Gasteiger partial charge in [0.1, 0.15) is 11.5 Å². The number of carbonyl (C=O) groups is 2. The number of methoxy groups -OCH3 is 2. The summed E-state index contributed by atoms with van der Waals surface area (Å²) in [5.74, 6) is 0.384. The monoisotopic (exact) mass is 319 g/mol. The Morgan fingerprint density at radius 1 is 1.22 bits per heavy atom. The van der Waals surface area contributed by atoms with Gasteiger partial charge in [-0.2, -0.15) is 5.10 Å². The summed E-state index contributed by atoms with van der Waals surface area (Å²) in [6.07, 6.45) is 1.68. The Morgan fingerprint density at radius 2 is 1.83 bits per heavy atom. The average molecular weight is 319 g/mol. The number of amides is 2. The number of hydrogen-bond acceptors (Lipinski definition) is 5. The highest BCUT2D eigenvalue weighted by Gasteiger charge is 2.10. The van der Waals surface area contributed by atoms with Crippen LogP contribution in [0, 0.1) is 0 Å². The first-order chi connectivity index (χ1) is 11.0. The van der Waals surface area contributed by atoms with Gasteiger partial charge in [-0.05, 0) is 19.1 Å². The number of ether oxygens (including phenoxy) is 2.